The van der Waals surface area contributed by atoms with Crippen molar-refractivity contribution in [2.45, 2.75) is 51.7 Å². The van der Waals surface area contributed by atoms with Crippen molar-refractivity contribution in [2.24, 2.45) is 5.92 Å². The van der Waals surface area contributed by atoms with Crippen LogP contribution >= 0.6 is 24.8 Å². The van der Waals surface area contributed by atoms with Gasteiger partial charge in [0.05, 0.1) is 0 Å². The molecule has 0 aliphatic heterocycles. The third-order valence-corrected chi connectivity index (χ3v) is 6.51. The summed E-state index contributed by atoms with van der Waals surface area (Å²) in [6.45, 7) is 12.7. The Morgan fingerprint density at radius 2 is 1.83 bits per heavy atom. The smallest absolute Gasteiger partial charge is 0.147 e. The molecule has 2 rings (SSSR count). The quantitative estimate of drug-likeness (QED) is 0.413. The second kappa shape index (κ2) is 11.5. The summed E-state index contributed by atoms with van der Waals surface area (Å²) in [5.41, 5.74) is 7.48. The van der Waals surface area contributed by atoms with Crippen LogP contribution in [0.4, 0.5) is 0 Å². The Bertz CT molecular complexity index is 581. The molecule has 0 spiro atoms. The number of rotatable bonds is 7. The van der Waals surface area contributed by atoms with Gasteiger partial charge in [-0.05, 0) is 0 Å². The summed E-state index contributed by atoms with van der Waals surface area (Å²) >= 11 is -0.135. The predicted octanol–water partition coefficient (Wildman–Crippen LogP) is 6.35. The number of benzene rings is 1. The van der Waals surface area contributed by atoms with E-state index in [1.165, 1.54) is 41.7 Å². The first-order valence-electron chi connectivity index (χ1n) is 8.53. The van der Waals surface area contributed by atoms with Gasteiger partial charge in [-0.15, -0.1) is 24.8 Å². The summed E-state index contributed by atoms with van der Waals surface area (Å²) in [6, 6.07) is 9.05. The van der Waals surface area contributed by atoms with E-state index in [1.807, 2.05) is 0 Å². The van der Waals surface area contributed by atoms with Crippen LogP contribution in [0.1, 0.15) is 62.8 Å². The molecule has 2 atom stereocenters. The minimum Gasteiger partial charge on any atom is -0.147 e. The third kappa shape index (κ3) is 5.75. The van der Waals surface area contributed by atoms with Crippen LogP contribution in [-0.2, 0) is 19.4 Å². The van der Waals surface area contributed by atoms with Gasteiger partial charge in [0.2, 0.25) is 0 Å². The molecule has 134 valence electrons. The van der Waals surface area contributed by atoms with E-state index in [4.69, 9.17) is 0 Å². The van der Waals surface area contributed by atoms with E-state index < -0.39 is 0 Å². The van der Waals surface area contributed by atoms with Gasteiger partial charge in [0.1, 0.15) is 0 Å². The minimum atomic E-state index is -0.135. The molecule has 0 saturated heterocycles. The van der Waals surface area contributed by atoms with E-state index in [9.17, 15) is 0 Å². The van der Waals surface area contributed by atoms with Crippen molar-refractivity contribution in [1.82, 2.24) is 3.80 Å². The minimum absolute atomic E-state index is 0. The number of nitrogens with one attached hydrogen (secondary N) is 1. The van der Waals surface area contributed by atoms with Gasteiger partial charge >= 0.3 is 146 Å². The number of hydrogen-bond acceptors (Lipinski definition) is 1. The van der Waals surface area contributed by atoms with Crippen molar-refractivity contribution < 1.29 is 19.4 Å². The zero-order chi connectivity index (χ0) is 16.1. The molecule has 1 aromatic carbocycles. The second-order valence-electron chi connectivity index (χ2n) is 6.41. The Hall–Kier alpha value is -0.0457. The molecule has 1 aliphatic rings. The molecule has 0 amide bonds. The van der Waals surface area contributed by atoms with Crippen LogP contribution in [0, 0.1) is 5.92 Å². The summed E-state index contributed by atoms with van der Waals surface area (Å²) in [5, 5.41) is 0. The van der Waals surface area contributed by atoms with Gasteiger partial charge in [0.15, 0.2) is 0 Å². The molecular formula is C20H31Cl2NTi. The fourth-order valence-electron chi connectivity index (χ4n) is 3.27. The molecule has 1 aliphatic carbocycles. The van der Waals surface area contributed by atoms with Gasteiger partial charge in [-0.25, -0.2) is 0 Å². The molecule has 1 aromatic rings. The molecule has 0 fully saturated rings. The largest absolute Gasteiger partial charge is 0.147 e. The van der Waals surface area contributed by atoms with Crippen LogP contribution in [0.2, 0.25) is 0 Å². The first-order valence-corrected chi connectivity index (χ1v) is 10.2. The summed E-state index contributed by atoms with van der Waals surface area (Å²) < 4.78 is 4.40. The van der Waals surface area contributed by atoms with Crippen LogP contribution in [0.5, 0.6) is 0 Å². The van der Waals surface area contributed by atoms with Gasteiger partial charge < -0.3 is 0 Å². The summed E-state index contributed by atoms with van der Waals surface area (Å²) in [5.74, 6) is 0.543. The van der Waals surface area contributed by atoms with Gasteiger partial charge in [-0.2, -0.15) is 0 Å². The molecular weight excluding hydrogens is 373 g/mol. The first kappa shape index (κ1) is 24.0. The van der Waals surface area contributed by atoms with Crippen molar-refractivity contribution >= 4 is 30.4 Å². The van der Waals surface area contributed by atoms with Crippen molar-refractivity contribution in [3.8, 4) is 0 Å². The third-order valence-electron chi connectivity index (χ3n) is 4.64. The molecule has 0 bridgehead atoms. The van der Waals surface area contributed by atoms with Crippen molar-refractivity contribution in [3.05, 3.63) is 52.6 Å². The van der Waals surface area contributed by atoms with Crippen molar-refractivity contribution in [2.75, 3.05) is 6.54 Å². The molecule has 2 unspecified atom stereocenters. The molecule has 1 N–H and O–H groups in total. The summed E-state index contributed by atoms with van der Waals surface area (Å²) in [7, 11) is 0. The van der Waals surface area contributed by atoms with Gasteiger partial charge in [-0.3, -0.25) is 0 Å². The normalized spacial score (nSPS) is 17.7. The summed E-state index contributed by atoms with van der Waals surface area (Å²) in [6.07, 6.45) is 4.98. The Labute approximate surface area is 169 Å². The Morgan fingerprint density at radius 1 is 1.17 bits per heavy atom. The van der Waals surface area contributed by atoms with Gasteiger partial charge in [0.25, 0.3) is 0 Å². The van der Waals surface area contributed by atoms with Gasteiger partial charge in [0, 0.05) is 0 Å². The second-order valence-corrected chi connectivity index (χ2v) is 8.77. The summed E-state index contributed by atoms with van der Waals surface area (Å²) in [4.78, 5) is 0. The zero-order valence-electron chi connectivity index (χ0n) is 15.5. The monoisotopic (exact) mass is 403 g/mol. The number of allylic oxidation sites excluding steroid dienone is 4. The Kier molecular flexibility index (Phi) is 11.5. The average molecular weight is 404 g/mol. The molecule has 1 nitrogen and oxygen atoms in total. The van der Waals surface area contributed by atoms with Crippen LogP contribution in [-0.4, -0.2) is 6.54 Å². The van der Waals surface area contributed by atoms with Crippen LogP contribution in [0.3, 0.4) is 0 Å². The fourth-order valence-corrected chi connectivity index (χ4v) is 4.89. The zero-order valence-corrected chi connectivity index (χ0v) is 18.7. The SMILES string of the molecule is CCCC[NH][Ti][CH](C)c1ccccc1C1=C(C)C(C)=CC1C.Cl.Cl. The van der Waals surface area contributed by atoms with Crippen molar-refractivity contribution in [3.63, 3.8) is 0 Å². The van der Waals surface area contributed by atoms with E-state index >= 15 is 0 Å². The molecule has 24 heavy (non-hydrogen) atoms. The number of halogens is 2. The fraction of sp³-hybridized carbons (Fsp3) is 0.500. The van der Waals surface area contributed by atoms with Crippen LogP contribution in [0.15, 0.2) is 41.5 Å². The van der Waals surface area contributed by atoms with E-state index in [2.05, 4.69) is 68.8 Å². The Balaban J connectivity index is 0.00000264. The predicted molar refractivity (Wildman–Crippen MR) is 108 cm³/mol. The molecule has 0 radical (unpaired) electrons. The average Bonchev–Trinajstić information content (AvgIpc) is 2.76. The van der Waals surface area contributed by atoms with Gasteiger partial charge in [-0.1, -0.05) is 0 Å². The first-order chi connectivity index (χ1) is 10.6. The molecule has 0 heterocycles. The molecule has 0 saturated carbocycles. The topological polar surface area (TPSA) is 12.0 Å². The Morgan fingerprint density at radius 3 is 2.42 bits per heavy atom. The van der Waals surface area contributed by atoms with E-state index in [-0.39, 0.29) is 44.2 Å². The molecule has 0 aromatic heterocycles. The standard InChI is InChI=1S/C16H19.C4H10N.2ClH.Ti/c1-5-14-8-6-7-9-15(14)16-12(3)10-11(2)13(16)4;1-2-3-4-5;;;/h5-10,12H,1-4H3;5H,2-4H2,1H3;2*1H;/q;-1;;;+1. The maximum absolute atomic E-state index is 3.73. The van der Waals surface area contributed by atoms with E-state index in [0.717, 1.165) is 0 Å². The van der Waals surface area contributed by atoms with Crippen LogP contribution in [0.25, 0.3) is 5.57 Å². The maximum atomic E-state index is 3.73. The van der Waals surface area contributed by atoms with Crippen LogP contribution < -0.4 is 3.80 Å². The van der Waals surface area contributed by atoms with Crippen molar-refractivity contribution in [1.29, 1.82) is 0 Å². The van der Waals surface area contributed by atoms with E-state index in [0.29, 0.717) is 10.1 Å². The maximum Gasteiger partial charge on any atom is -0.147 e. The molecule has 4 heteroatoms. The number of hydrogen-bond donors (Lipinski definition) is 1. The van der Waals surface area contributed by atoms with E-state index in [1.54, 1.807) is 5.57 Å². The number of unbranched alkanes of at least 4 members (excludes halogenated alkanes) is 1.